The number of hydrogen-bond donors (Lipinski definition) is 2. The Morgan fingerprint density at radius 1 is 1.11 bits per heavy atom. The molecular formula is C21H32N2O4. The van der Waals surface area contributed by atoms with E-state index in [1.165, 1.54) is 52.2 Å². The molecule has 1 atom stereocenters. The molecule has 0 fully saturated rings. The van der Waals surface area contributed by atoms with Crippen LogP contribution in [-0.2, 0) is 14.3 Å². The Balaban J connectivity index is 2.41. The first-order valence-electron chi connectivity index (χ1n) is 9.49. The minimum atomic E-state index is -1.33. The van der Waals surface area contributed by atoms with E-state index < -0.39 is 17.4 Å². The van der Waals surface area contributed by atoms with Gasteiger partial charge in [-0.3, -0.25) is 4.79 Å². The quantitative estimate of drug-likeness (QED) is 0.329. The number of rotatable bonds is 12. The molecule has 0 aliphatic carbocycles. The molecule has 1 rings (SSSR count). The molecule has 3 N–H and O–H groups in total. The normalized spacial score (nSPS) is 13.2. The second-order valence-corrected chi connectivity index (χ2v) is 6.73. The van der Waals surface area contributed by atoms with E-state index in [0.29, 0.717) is 12.3 Å². The Labute approximate surface area is 162 Å². The number of ether oxygens (including phenoxy) is 2. The van der Waals surface area contributed by atoms with Gasteiger partial charge in [0.05, 0.1) is 13.7 Å². The predicted octanol–water partition coefficient (Wildman–Crippen LogP) is 3.81. The second kappa shape index (κ2) is 12.1. The Kier molecular flexibility index (Phi) is 10.2. The van der Waals surface area contributed by atoms with Crippen LogP contribution < -0.4 is 15.8 Å². The highest BCUT2D eigenvalue weighted by Gasteiger charge is 2.25. The third kappa shape index (κ3) is 9.24. The van der Waals surface area contributed by atoms with Crippen LogP contribution in [0.15, 0.2) is 36.4 Å². The van der Waals surface area contributed by atoms with E-state index in [1.54, 1.807) is 12.1 Å². The van der Waals surface area contributed by atoms with E-state index in [9.17, 15) is 9.59 Å². The summed E-state index contributed by atoms with van der Waals surface area (Å²) in [4.78, 5) is 23.4. The molecule has 27 heavy (non-hydrogen) atoms. The average molecular weight is 376 g/mol. The van der Waals surface area contributed by atoms with Gasteiger partial charge in [0.1, 0.15) is 11.3 Å². The molecule has 0 aromatic heterocycles. The van der Waals surface area contributed by atoms with Crippen molar-refractivity contribution in [2.45, 2.75) is 57.9 Å². The van der Waals surface area contributed by atoms with Crippen molar-refractivity contribution in [2.75, 3.05) is 19.0 Å². The predicted molar refractivity (Wildman–Crippen MR) is 108 cm³/mol. The van der Waals surface area contributed by atoms with Gasteiger partial charge in [0.15, 0.2) is 0 Å². The molecule has 6 nitrogen and oxygen atoms in total. The van der Waals surface area contributed by atoms with E-state index in [-0.39, 0.29) is 0 Å². The maximum atomic E-state index is 12.3. The molecule has 1 aromatic carbocycles. The highest BCUT2D eigenvalue weighted by Crippen LogP contribution is 2.17. The van der Waals surface area contributed by atoms with Gasteiger partial charge in [-0.2, -0.15) is 0 Å². The lowest BCUT2D eigenvalue weighted by Gasteiger charge is -2.19. The second-order valence-electron chi connectivity index (χ2n) is 6.73. The summed E-state index contributed by atoms with van der Waals surface area (Å²) in [7, 11) is 1.26. The van der Waals surface area contributed by atoms with Gasteiger partial charge in [-0.25, -0.2) is 4.79 Å². The van der Waals surface area contributed by atoms with Crippen LogP contribution in [0.3, 0.4) is 0 Å². The highest BCUT2D eigenvalue weighted by atomic mass is 16.5. The number of amides is 1. The molecule has 150 valence electrons. The molecule has 0 spiro atoms. The molecule has 0 aliphatic heterocycles. The molecule has 0 unspecified atom stereocenters. The third-order valence-electron chi connectivity index (χ3n) is 4.13. The van der Waals surface area contributed by atoms with Crippen molar-refractivity contribution in [1.29, 1.82) is 0 Å². The van der Waals surface area contributed by atoms with E-state index in [4.69, 9.17) is 10.5 Å². The lowest BCUT2D eigenvalue weighted by Crippen LogP contribution is -2.46. The molecular weight excluding hydrogens is 344 g/mol. The minimum absolute atomic E-state index is 0.427. The van der Waals surface area contributed by atoms with E-state index >= 15 is 0 Å². The van der Waals surface area contributed by atoms with Crippen LogP contribution in [-0.4, -0.2) is 31.1 Å². The summed E-state index contributed by atoms with van der Waals surface area (Å²) < 4.78 is 10.2. The van der Waals surface area contributed by atoms with Crippen molar-refractivity contribution in [3.63, 3.8) is 0 Å². The van der Waals surface area contributed by atoms with Crippen LogP contribution in [0.4, 0.5) is 5.69 Å². The molecule has 6 heteroatoms. The van der Waals surface area contributed by atoms with Crippen LogP contribution in [0.1, 0.15) is 52.4 Å². The summed E-state index contributed by atoms with van der Waals surface area (Å²) in [5, 5.41) is 2.72. The number of methoxy groups -OCH3 is 1. The number of unbranched alkanes of at least 4 members (excludes halogenated alkanes) is 5. The fourth-order valence-electron chi connectivity index (χ4n) is 2.36. The van der Waals surface area contributed by atoms with Crippen molar-refractivity contribution in [3.05, 3.63) is 36.4 Å². The molecule has 0 saturated heterocycles. The molecule has 0 heterocycles. The highest BCUT2D eigenvalue weighted by molar-refractivity contribution is 6.00. The minimum Gasteiger partial charge on any atom is -0.494 e. The molecule has 0 radical (unpaired) electrons. The van der Waals surface area contributed by atoms with Gasteiger partial charge in [0.25, 0.3) is 0 Å². The number of nitrogens with one attached hydrogen (secondary N) is 1. The maximum Gasteiger partial charge on any atom is 0.330 e. The van der Waals surface area contributed by atoms with Crippen molar-refractivity contribution in [3.8, 4) is 5.75 Å². The van der Waals surface area contributed by atoms with Gasteiger partial charge in [-0.05, 0) is 43.7 Å². The van der Waals surface area contributed by atoms with Crippen LogP contribution in [0.5, 0.6) is 5.75 Å². The summed E-state index contributed by atoms with van der Waals surface area (Å²) in [6.07, 6.45) is 9.77. The summed E-state index contributed by atoms with van der Waals surface area (Å²) in [5.41, 5.74) is 5.21. The fraction of sp³-hybridized carbons (Fsp3) is 0.524. The van der Waals surface area contributed by atoms with Gasteiger partial charge < -0.3 is 20.5 Å². The van der Waals surface area contributed by atoms with Gasteiger partial charge in [-0.1, -0.05) is 39.0 Å². The van der Waals surface area contributed by atoms with Crippen LogP contribution in [0.25, 0.3) is 0 Å². The maximum absolute atomic E-state index is 12.3. The number of anilines is 1. The summed E-state index contributed by atoms with van der Waals surface area (Å²) >= 11 is 0. The zero-order valence-electron chi connectivity index (χ0n) is 16.6. The Hall–Kier alpha value is -2.34. The smallest absolute Gasteiger partial charge is 0.330 e. The number of carbonyl (C=O) groups is 2. The monoisotopic (exact) mass is 376 g/mol. The number of carbonyl (C=O) groups excluding carboxylic acids is 2. The average Bonchev–Trinajstić information content (AvgIpc) is 2.66. The van der Waals surface area contributed by atoms with Gasteiger partial charge in [0.2, 0.25) is 5.91 Å². The zero-order chi connectivity index (χ0) is 20.1. The third-order valence-corrected chi connectivity index (χ3v) is 4.13. The topological polar surface area (TPSA) is 90.6 Å². The van der Waals surface area contributed by atoms with Crippen LogP contribution >= 0.6 is 0 Å². The van der Waals surface area contributed by atoms with Gasteiger partial charge in [0, 0.05) is 11.8 Å². The van der Waals surface area contributed by atoms with Crippen molar-refractivity contribution >= 4 is 17.6 Å². The molecule has 0 saturated carbocycles. The van der Waals surface area contributed by atoms with E-state index in [1.807, 2.05) is 12.1 Å². The lowest BCUT2D eigenvalue weighted by atomic mass is 10.0. The van der Waals surface area contributed by atoms with Crippen LogP contribution in [0, 0.1) is 0 Å². The van der Waals surface area contributed by atoms with Gasteiger partial charge >= 0.3 is 5.97 Å². The summed E-state index contributed by atoms with van der Waals surface area (Å²) in [6, 6.07) is 7.14. The summed E-state index contributed by atoms with van der Waals surface area (Å²) in [6.45, 7) is 4.42. The van der Waals surface area contributed by atoms with E-state index in [2.05, 4.69) is 17.0 Å². The van der Waals surface area contributed by atoms with Gasteiger partial charge in [-0.15, -0.1) is 0 Å². The van der Waals surface area contributed by atoms with Crippen molar-refractivity contribution in [2.24, 2.45) is 5.73 Å². The Morgan fingerprint density at radius 2 is 1.74 bits per heavy atom. The first-order valence-corrected chi connectivity index (χ1v) is 9.49. The van der Waals surface area contributed by atoms with Crippen molar-refractivity contribution in [1.82, 2.24) is 0 Å². The number of nitrogens with two attached hydrogens (primary N) is 1. The standard InChI is InChI=1S/C21H32N2O4/c1-4-5-6-7-8-9-16-27-18-12-10-17(11-13-18)23-20(25)21(2,22)15-14-19(24)26-3/h10-15H,4-9,16,22H2,1-3H3,(H,23,25)/t21-/m0/s1. The number of esters is 1. The van der Waals surface area contributed by atoms with Crippen LogP contribution in [0.2, 0.25) is 0 Å². The Morgan fingerprint density at radius 3 is 2.37 bits per heavy atom. The number of benzene rings is 1. The summed E-state index contributed by atoms with van der Waals surface area (Å²) in [5.74, 6) is -0.225. The van der Waals surface area contributed by atoms with Crippen molar-refractivity contribution < 1.29 is 19.1 Å². The molecule has 0 bridgehead atoms. The van der Waals surface area contributed by atoms with E-state index in [0.717, 1.165) is 18.2 Å². The fourth-order valence-corrected chi connectivity index (χ4v) is 2.36. The number of hydrogen-bond acceptors (Lipinski definition) is 5. The molecule has 1 aromatic rings. The first-order chi connectivity index (χ1) is 12.9. The first kappa shape index (κ1) is 22.7. The molecule has 0 aliphatic rings. The molecule has 1 amide bonds. The zero-order valence-corrected chi connectivity index (χ0v) is 16.6. The SMILES string of the molecule is CCCCCCCCOc1ccc(NC(=O)[C@@](C)(N)C=CC(=O)OC)cc1. The Bertz CT molecular complexity index is 609. The lowest BCUT2D eigenvalue weighted by molar-refractivity contribution is -0.134. The largest absolute Gasteiger partial charge is 0.494 e.